The van der Waals surface area contributed by atoms with Crippen LogP contribution in [-0.4, -0.2) is 9.72 Å². The van der Waals surface area contributed by atoms with E-state index in [0.29, 0.717) is 25.2 Å². The Morgan fingerprint density at radius 3 is 2.82 bits per heavy atom. The molecule has 5 heteroatoms. The first-order valence-corrected chi connectivity index (χ1v) is 5.32. The van der Waals surface area contributed by atoms with Crippen LogP contribution in [0.4, 0.5) is 0 Å². The van der Waals surface area contributed by atoms with E-state index in [1.54, 1.807) is 0 Å². The standard InChI is InChI=1S/C12H11N3O2/c13-8-4-5-9-15-11(14-17-12(15)16)10-6-2-1-3-7-10/h1-3,6-7H,4-5,9H2. The minimum Gasteiger partial charge on any atom is -0.295 e. The fraction of sp³-hybridized carbons (Fsp3) is 0.250. The lowest BCUT2D eigenvalue weighted by atomic mass is 10.2. The second kappa shape index (κ2) is 5.12. The molecule has 0 unspecified atom stereocenters. The van der Waals surface area contributed by atoms with Gasteiger partial charge in [0.05, 0.1) is 6.07 Å². The van der Waals surface area contributed by atoms with Crippen LogP contribution in [-0.2, 0) is 6.54 Å². The van der Waals surface area contributed by atoms with Crippen molar-refractivity contribution in [2.24, 2.45) is 0 Å². The molecule has 0 amide bonds. The summed E-state index contributed by atoms with van der Waals surface area (Å²) in [5.74, 6) is 0.0235. The number of nitriles is 1. The van der Waals surface area contributed by atoms with Crippen LogP contribution < -0.4 is 5.76 Å². The highest BCUT2D eigenvalue weighted by molar-refractivity contribution is 5.54. The van der Waals surface area contributed by atoms with Crippen LogP contribution in [0.2, 0.25) is 0 Å². The predicted molar refractivity (Wildman–Crippen MR) is 61.0 cm³/mol. The van der Waals surface area contributed by atoms with E-state index in [0.717, 1.165) is 5.56 Å². The number of aromatic nitrogens is 2. The van der Waals surface area contributed by atoms with Gasteiger partial charge in [-0.3, -0.25) is 9.09 Å². The Kier molecular flexibility index (Phi) is 3.36. The van der Waals surface area contributed by atoms with Crippen LogP contribution >= 0.6 is 0 Å². The third kappa shape index (κ3) is 2.42. The Bertz CT molecular complexity index is 578. The molecule has 0 saturated carbocycles. The van der Waals surface area contributed by atoms with Crippen molar-refractivity contribution >= 4 is 0 Å². The highest BCUT2D eigenvalue weighted by atomic mass is 16.5. The van der Waals surface area contributed by atoms with Crippen molar-refractivity contribution in [2.45, 2.75) is 19.4 Å². The van der Waals surface area contributed by atoms with E-state index in [1.165, 1.54) is 4.57 Å². The number of benzene rings is 1. The van der Waals surface area contributed by atoms with E-state index in [-0.39, 0.29) is 0 Å². The Morgan fingerprint density at radius 1 is 1.35 bits per heavy atom. The minimum absolute atomic E-state index is 0.409. The van der Waals surface area contributed by atoms with Gasteiger partial charge in [0.2, 0.25) is 0 Å². The molecular weight excluding hydrogens is 218 g/mol. The quantitative estimate of drug-likeness (QED) is 0.749. The van der Waals surface area contributed by atoms with Gasteiger partial charge in [-0.2, -0.15) is 5.26 Å². The molecule has 2 rings (SSSR count). The van der Waals surface area contributed by atoms with E-state index in [9.17, 15) is 4.79 Å². The van der Waals surface area contributed by atoms with E-state index in [4.69, 9.17) is 5.26 Å². The molecule has 0 spiro atoms. The zero-order chi connectivity index (χ0) is 12.1. The molecular formula is C12H11N3O2. The van der Waals surface area contributed by atoms with E-state index in [1.807, 2.05) is 36.4 Å². The number of rotatable bonds is 4. The second-order valence-corrected chi connectivity index (χ2v) is 3.55. The van der Waals surface area contributed by atoms with Crippen molar-refractivity contribution in [3.05, 3.63) is 40.9 Å². The van der Waals surface area contributed by atoms with E-state index < -0.39 is 5.76 Å². The maximum atomic E-state index is 11.5. The molecule has 0 fully saturated rings. The van der Waals surface area contributed by atoms with Gasteiger partial charge in [-0.25, -0.2) is 4.79 Å². The molecule has 1 heterocycles. The summed E-state index contributed by atoms with van der Waals surface area (Å²) in [6, 6.07) is 11.4. The molecule has 5 nitrogen and oxygen atoms in total. The first kappa shape index (κ1) is 11.1. The number of unbranched alkanes of at least 4 members (excludes halogenated alkanes) is 1. The fourth-order valence-electron chi connectivity index (χ4n) is 1.58. The number of hydrogen-bond acceptors (Lipinski definition) is 4. The Morgan fingerprint density at radius 2 is 2.12 bits per heavy atom. The molecule has 1 aromatic heterocycles. The van der Waals surface area contributed by atoms with Gasteiger partial charge in [-0.15, -0.1) is 0 Å². The largest absolute Gasteiger partial charge is 0.441 e. The molecule has 0 atom stereocenters. The van der Waals surface area contributed by atoms with Crippen LogP contribution in [0.3, 0.4) is 0 Å². The number of hydrogen-bond donors (Lipinski definition) is 0. The van der Waals surface area contributed by atoms with Gasteiger partial charge in [0, 0.05) is 18.5 Å². The van der Waals surface area contributed by atoms with Crippen molar-refractivity contribution < 1.29 is 4.52 Å². The average molecular weight is 229 g/mol. The molecule has 0 aliphatic heterocycles. The monoisotopic (exact) mass is 229 g/mol. The SMILES string of the molecule is N#CCCCn1c(-c2ccccc2)noc1=O. The van der Waals surface area contributed by atoms with Gasteiger partial charge in [0.25, 0.3) is 0 Å². The molecule has 2 aromatic rings. The van der Waals surface area contributed by atoms with Gasteiger partial charge < -0.3 is 0 Å². The molecule has 0 saturated heterocycles. The molecule has 0 bridgehead atoms. The summed E-state index contributed by atoms with van der Waals surface area (Å²) in [4.78, 5) is 11.5. The molecule has 0 N–H and O–H groups in total. The van der Waals surface area contributed by atoms with Crippen molar-refractivity contribution in [1.82, 2.24) is 9.72 Å². The lowest BCUT2D eigenvalue weighted by Crippen LogP contribution is -2.15. The van der Waals surface area contributed by atoms with Gasteiger partial charge in [-0.1, -0.05) is 35.5 Å². The molecule has 0 aliphatic carbocycles. The summed E-state index contributed by atoms with van der Waals surface area (Å²) in [6.45, 7) is 0.445. The van der Waals surface area contributed by atoms with Crippen LogP contribution in [0.25, 0.3) is 11.4 Å². The van der Waals surface area contributed by atoms with Gasteiger partial charge in [0.1, 0.15) is 0 Å². The molecule has 1 aromatic carbocycles. The maximum Gasteiger partial charge on any atom is 0.441 e. The van der Waals surface area contributed by atoms with Crippen molar-refractivity contribution in [3.63, 3.8) is 0 Å². The normalized spacial score (nSPS) is 10.1. The van der Waals surface area contributed by atoms with Crippen LogP contribution in [0.15, 0.2) is 39.6 Å². The van der Waals surface area contributed by atoms with Crippen LogP contribution in [0.5, 0.6) is 0 Å². The van der Waals surface area contributed by atoms with Gasteiger partial charge >= 0.3 is 5.76 Å². The summed E-state index contributed by atoms with van der Waals surface area (Å²) in [6.07, 6.45) is 1.02. The summed E-state index contributed by atoms with van der Waals surface area (Å²) < 4.78 is 6.11. The summed E-state index contributed by atoms with van der Waals surface area (Å²) in [5.41, 5.74) is 0.829. The highest BCUT2D eigenvalue weighted by Crippen LogP contribution is 2.15. The number of nitrogens with zero attached hydrogens (tertiary/aromatic N) is 3. The smallest absolute Gasteiger partial charge is 0.295 e. The summed E-state index contributed by atoms with van der Waals surface area (Å²) >= 11 is 0. The van der Waals surface area contributed by atoms with Crippen molar-refractivity contribution in [2.75, 3.05) is 0 Å². The summed E-state index contributed by atoms with van der Waals surface area (Å²) in [5, 5.41) is 12.2. The Balaban J connectivity index is 2.30. The fourth-order valence-corrected chi connectivity index (χ4v) is 1.58. The van der Waals surface area contributed by atoms with Crippen LogP contribution in [0, 0.1) is 11.3 Å². The van der Waals surface area contributed by atoms with Gasteiger partial charge in [-0.05, 0) is 6.42 Å². The van der Waals surface area contributed by atoms with Crippen LogP contribution in [0.1, 0.15) is 12.8 Å². The lowest BCUT2D eigenvalue weighted by Gasteiger charge is -2.02. The first-order chi connectivity index (χ1) is 8.33. The van der Waals surface area contributed by atoms with Gasteiger partial charge in [0.15, 0.2) is 5.82 Å². The second-order valence-electron chi connectivity index (χ2n) is 3.55. The lowest BCUT2D eigenvalue weighted by molar-refractivity contribution is 0.375. The van der Waals surface area contributed by atoms with Crippen molar-refractivity contribution in [1.29, 1.82) is 5.26 Å². The maximum absolute atomic E-state index is 11.5. The highest BCUT2D eigenvalue weighted by Gasteiger charge is 2.11. The topological polar surface area (TPSA) is 71.8 Å². The molecule has 0 aliphatic rings. The average Bonchev–Trinajstić information content (AvgIpc) is 2.73. The zero-order valence-electron chi connectivity index (χ0n) is 9.17. The zero-order valence-corrected chi connectivity index (χ0v) is 9.17. The first-order valence-electron chi connectivity index (χ1n) is 5.32. The third-order valence-electron chi connectivity index (χ3n) is 2.39. The molecule has 0 radical (unpaired) electrons. The molecule has 86 valence electrons. The van der Waals surface area contributed by atoms with Crippen molar-refractivity contribution in [3.8, 4) is 17.5 Å². The predicted octanol–water partition coefficient (Wildman–Crippen LogP) is 1.81. The minimum atomic E-state index is -0.484. The summed E-state index contributed by atoms with van der Waals surface area (Å²) in [7, 11) is 0. The third-order valence-corrected chi connectivity index (χ3v) is 2.39. The Hall–Kier alpha value is -2.35. The Labute approximate surface area is 97.9 Å². The van der Waals surface area contributed by atoms with E-state index in [2.05, 4.69) is 9.68 Å². The van der Waals surface area contributed by atoms with E-state index >= 15 is 0 Å². The molecule has 17 heavy (non-hydrogen) atoms.